The lowest BCUT2D eigenvalue weighted by Gasteiger charge is -2.49. The maximum Gasteiger partial charge on any atom is 0.356 e. The Balaban J connectivity index is 1.35. The van der Waals surface area contributed by atoms with Gasteiger partial charge in [0.25, 0.3) is 11.8 Å². The van der Waals surface area contributed by atoms with E-state index in [1.807, 2.05) is 67.6 Å². The van der Waals surface area contributed by atoms with Gasteiger partial charge in [0.15, 0.2) is 16.9 Å². The Hall–Kier alpha value is -4.34. The predicted octanol–water partition coefficient (Wildman–Crippen LogP) is 4.49. The molecule has 2 aliphatic heterocycles. The van der Waals surface area contributed by atoms with Gasteiger partial charge in [0.2, 0.25) is 6.61 Å². The quantitative estimate of drug-likeness (QED) is 0.118. The molecule has 2 amide bonds. The smallest absolute Gasteiger partial charge is 0.356 e. The molecule has 3 heterocycles. The summed E-state index contributed by atoms with van der Waals surface area (Å²) in [4.78, 5) is 64.7. The third kappa shape index (κ3) is 8.20. The van der Waals surface area contributed by atoms with Crippen LogP contribution in [0.5, 0.6) is 0 Å². The van der Waals surface area contributed by atoms with Crippen LogP contribution in [0, 0.1) is 0 Å². The van der Waals surface area contributed by atoms with Crippen LogP contribution in [0.25, 0.3) is 0 Å². The van der Waals surface area contributed by atoms with Crippen LogP contribution in [0.3, 0.4) is 0 Å². The Bertz CT molecular complexity index is 1680. The van der Waals surface area contributed by atoms with Crippen molar-refractivity contribution in [1.82, 2.24) is 15.2 Å². The van der Waals surface area contributed by atoms with Crippen molar-refractivity contribution in [3.63, 3.8) is 0 Å². The molecule has 0 spiro atoms. The summed E-state index contributed by atoms with van der Waals surface area (Å²) in [5.74, 6) is -1.44. The molecule has 5 rings (SSSR count). The van der Waals surface area contributed by atoms with Gasteiger partial charge in [-0.15, -0.1) is 34.9 Å². The van der Waals surface area contributed by atoms with Gasteiger partial charge in [-0.1, -0.05) is 72.7 Å². The number of nitrogen functional groups attached to an aromatic ring is 1. The van der Waals surface area contributed by atoms with Crippen LogP contribution < -0.4 is 11.1 Å². The summed E-state index contributed by atoms with van der Waals surface area (Å²) in [6.45, 7) is 6.54. The molecule has 1 aromatic heterocycles. The predicted molar refractivity (Wildman–Crippen MR) is 186 cm³/mol. The van der Waals surface area contributed by atoms with Gasteiger partial charge in [0.05, 0.1) is 0 Å². The number of esters is 2. The number of nitrogens with one attached hydrogen (secondary N) is 1. The second-order valence-corrected chi connectivity index (χ2v) is 14.9. The second kappa shape index (κ2) is 15.3. The molecule has 0 aliphatic carbocycles. The number of anilines is 1. The van der Waals surface area contributed by atoms with Crippen LogP contribution in [-0.4, -0.2) is 74.5 Å². The van der Waals surface area contributed by atoms with Crippen molar-refractivity contribution in [2.75, 3.05) is 23.8 Å². The lowest BCUT2D eigenvalue weighted by Crippen LogP contribution is -2.71. The summed E-state index contributed by atoms with van der Waals surface area (Å²) >= 11 is 3.98. The highest BCUT2D eigenvalue weighted by molar-refractivity contribution is 8.06. The molecule has 0 radical (unpaired) electrons. The number of amides is 2. The van der Waals surface area contributed by atoms with E-state index in [9.17, 15) is 19.2 Å². The van der Waals surface area contributed by atoms with E-state index in [4.69, 9.17) is 20.0 Å². The van der Waals surface area contributed by atoms with Crippen molar-refractivity contribution < 1.29 is 33.5 Å². The van der Waals surface area contributed by atoms with Crippen LogP contribution >= 0.6 is 34.9 Å². The molecule has 48 heavy (non-hydrogen) atoms. The lowest BCUT2D eigenvalue weighted by atomic mass is 10.0. The Kier molecular flexibility index (Phi) is 11.1. The van der Waals surface area contributed by atoms with E-state index in [2.05, 4.69) is 15.5 Å². The minimum Gasteiger partial charge on any atom is -0.457 e. The molecule has 3 aromatic rings. The first-order valence-electron chi connectivity index (χ1n) is 15.0. The summed E-state index contributed by atoms with van der Waals surface area (Å²) in [7, 11) is 0. The molecule has 252 valence electrons. The maximum absolute atomic E-state index is 14.0. The first-order valence-corrected chi connectivity index (χ1v) is 17.9. The van der Waals surface area contributed by atoms with Gasteiger partial charge in [-0.2, -0.15) is 0 Å². The average Bonchev–Trinajstić information content (AvgIpc) is 3.49. The number of nitrogens with two attached hydrogens (primary N) is 1. The number of aromatic nitrogens is 1. The molecule has 3 N–H and O–H groups in total. The lowest BCUT2D eigenvalue weighted by molar-refractivity contribution is -0.160. The van der Waals surface area contributed by atoms with Crippen LogP contribution in [0.4, 0.5) is 5.13 Å². The molecule has 0 bridgehead atoms. The van der Waals surface area contributed by atoms with Crippen molar-refractivity contribution in [2.45, 2.75) is 50.8 Å². The fourth-order valence-corrected chi connectivity index (χ4v) is 7.89. The monoisotopic (exact) mass is 709 g/mol. The van der Waals surface area contributed by atoms with E-state index in [0.717, 1.165) is 27.4 Å². The average molecular weight is 710 g/mol. The summed E-state index contributed by atoms with van der Waals surface area (Å²) < 4.78 is 11.4. The van der Waals surface area contributed by atoms with Gasteiger partial charge < -0.3 is 25.4 Å². The van der Waals surface area contributed by atoms with Gasteiger partial charge >= 0.3 is 11.9 Å². The molecule has 12 nitrogen and oxygen atoms in total. The summed E-state index contributed by atoms with van der Waals surface area (Å²) in [6, 6.07) is 17.8. The van der Waals surface area contributed by atoms with Crippen LogP contribution in [0.1, 0.15) is 50.6 Å². The number of hydrogen-bond donors (Lipinski definition) is 2. The van der Waals surface area contributed by atoms with E-state index in [1.54, 1.807) is 20.8 Å². The molecule has 2 aromatic carbocycles. The van der Waals surface area contributed by atoms with Gasteiger partial charge in [-0.3, -0.25) is 14.5 Å². The van der Waals surface area contributed by atoms with Crippen LogP contribution in [0.2, 0.25) is 0 Å². The number of carbonyl (C=O) groups is 4. The molecule has 0 saturated carbocycles. The zero-order chi connectivity index (χ0) is 34.4. The van der Waals surface area contributed by atoms with Gasteiger partial charge in [-0.25, -0.2) is 14.6 Å². The normalized spacial score (nSPS) is 17.8. The number of thiazole rings is 1. The standard InChI is InChI=1S/C33H35N5O7S3/c1-5-46-22-18-47-30-25(36-28(40)24(21-17-48-32(34)35-21)37-43-16-23(39)45-33(2,3)4)29(41)38(30)26(22)31(42)44-27(19-12-8-6-9-13-19)20-14-10-7-11-15-20/h6-15,17,25,27,30H,5,16,18H2,1-4H3,(H2,34,35)(H,36,40)/b37-24+/t25?,30-/m1/s1. The SMILES string of the molecule is CCSC1=C(C(=O)OC(c2ccccc2)c2ccccc2)N2C(=O)C(NC(=O)/C(=N/OCC(=O)OC(C)(C)C)c3csc(N)n3)[C@H]2SC1. The molecular weight excluding hydrogens is 675 g/mol. The third-order valence-corrected chi connectivity index (χ3v) is 10.0. The third-order valence-electron chi connectivity index (χ3n) is 6.90. The molecule has 2 atom stereocenters. The topological polar surface area (TPSA) is 163 Å². The number of fused-ring (bicyclic) bond motifs is 1. The summed E-state index contributed by atoms with van der Waals surface area (Å²) in [5, 5.41) is 7.69. The van der Waals surface area contributed by atoms with E-state index < -0.39 is 53.5 Å². The Morgan fingerprint density at radius 1 is 1.10 bits per heavy atom. The maximum atomic E-state index is 14.0. The largest absolute Gasteiger partial charge is 0.457 e. The molecule has 1 saturated heterocycles. The zero-order valence-electron chi connectivity index (χ0n) is 26.7. The van der Waals surface area contributed by atoms with E-state index in [0.29, 0.717) is 11.5 Å². The Morgan fingerprint density at radius 3 is 2.31 bits per heavy atom. The number of rotatable bonds is 12. The van der Waals surface area contributed by atoms with E-state index in [1.165, 1.54) is 33.8 Å². The number of nitrogens with zero attached hydrogens (tertiary/aromatic N) is 3. The number of oxime groups is 1. The van der Waals surface area contributed by atoms with Crippen LogP contribution in [-0.2, 0) is 33.5 Å². The first-order chi connectivity index (χ1) is 23.0. The summed E-state index contributed by atoms with van der Waals surface area (Å²) in [6.07, 6.45) is -0.704. The number of hydrogen-bond acceptors (Lipinski definition) is 13. The van der Waals surface area contributed by atoms with Crippen molar-refractivity contribution in [2.24, 2.45) is 5.16 Å². The van der Waals surface area contributed by atoms with Crippen molar-refractivity contribution >= 4 is 69.5 Å². The number of β-lactam (4-membered cyclic amide) rings is 1. The molecular formula is C33H35N5O7S3. The van der Waals surface area contributed by atoms with E-state index >= 15 is 0 Å². The van der Waals surface area contributed by atoms with Crippen molar-refractivity contribution in [3.8, 4) is 0 Å². The molecule has 1 unspecified atom stereocenters. The van der Waals surface area contributed by atoms with Gasteiger partial charge in [0.1, 0.15) is 28.4 Å². The zero-order valence-corrected chi connectivity index (χ0v) is 29.2. The fraction of sp³-hybridized carbons (Fsp3) is 0.333. The fourth-order valence-electron chi connectivity index (χ4n) is 4.94. The minimum absolute atomic E-state index is 0.109. The number of thioether (sulfide) groups is 2. The molecule has 15 heteroatoms. The second-order valence-electron chi connectivity index (χ2n) is 11.5. The first kappa shape index (κ1) is 35.0. The molecule has 2 aliphatic rings. The van der Waals surface area contributed by atoms with Gasteiger partial charge in [0, 0.05) is 16.0 Å². The van der Waals surface area contributed by atoms with Crippen LogP contribution in [0.15, 0.2) is 81.8 Å². The minimum atomic E-state index is -0.982. The highest BCUT2D eigenvalue weighted by Gasteiger charge is 2.55. The van der Waals surface area contributed by atoms with Crippen molar-refractivity contribution in [3.05, 3.63) is 93.5 Å². The number of ether oxygens (including phenoxy) is 2. The number of benzene rings is 2. The van der Waals surface area contributed by atoms with Gasteiger partial charge in [-0.05, 0) is 37.7 Å². The Labute approximate surface area is 290 Å². The number of carbonyl (C=O) groups excluding carboxylic acids is 4. The van der Waals surface area contributed by atoms with E-state index in [-0.39, 0.29) is 22.2 Å². The molecule has 1 fully saturated rings. The highest BCUT2D eigenvalue weighted by Crippen LogP contribution is 2.44. The Morgan fingerprint density at radius 2 is 1.75 bits per heavy atom. The highest BCUT2D eigenvalue weighted by atomic mass is 32.2. The van der Waals surface area contributed by atoms with Crippen molar-refractivity contribution in [1.29, 1.82) is 0 Å². The summed E-state index contributed by atoms with van der Waals surface area (Å²) in [5.41, 5.74) is 6.63.